The summed E-state index contributed by atoms with van der Waals surface area (Å²) in [6, 6.07) is 64.1. The van der Waals surface area contributed by atoms with E-state index in [1.165, 1.54) is 77.5 Å². The van der Waals surface area contributed by atoms with Gasteiger partial charge in [-0.1, -0.05) is 236 Å². The molecule has 0 bridgehead atoms. The quantitative estimate of drug-likeness (QED) is 0.143. The van der Waals surface area contributed by atoms with Crippen molar-refractivity contribution in [2.45, 2.75) is 54.4 Å². The normalized spacial score (nSPS) is 9.96. The fraction of sp³-hybridized carbons (Fsp3) is 0.160. The summed E-state index contributed by atoms with van der Waals surface area (Å²) in [7, 11) is 0. The molecule has 9 aromatic rings. The van der Waals surface area contributed by atoms with Crippen LogP contribution in [0.1, 0.15) is 54.4 Å². The molecular formula is C50H52. The average molecular weight is 653 g/mol. The lowest BCUT2D eigenvalue weighted by molar-refractivity contribution is 1.09. The van der Waals surface area contributed by atoms with E-state index in [1.54, 1.807) is 0 Å². The number of hydrogen-bond donors (Lipinski definition) is 0. The maximum atomic E-state index is 2.18. The molecule has 0 aromatic heterocycles. The van der Waals surface area contributed by atoms with E-state index >= 15 is 0 Å². The van der Waals surface area contributed by atoms with Crippen LogP contribution in [0.15, 0.2) is 182 Å². The van der Waals surface area contributed by atoms with E-state index in [0.29, 0.717) is 0 Å². The molecule has 9 aromatic carbocycles. The van der Waals surface area contributed by atoms with Gasteiger partial charge in [0.2, 0.25) is 0 Å². The van der Waals surface area contributed by atoms with Gasteiger partial charge in [-0.05, 0) is 64.6 Å². The SMILES string of the molecule is CC.CCC.CCC.c1ccc2c(c1)ccc1ccccc12.c1ccc2c(c1)ccc1ccccc12.c1ccc2c(c1)ccc1ccccc12. The smallest absolute Gasteiger partial charge is 0.0105 e. The standard InChI is InChI=1S/3C14H10.2C3H8.C2H6/c3*1-3-7-13-11(5-1)9-10-12-6-2-4-8-14(12)13;2*1-3-2;1-2/h3*1-10H;2*3H2,1-2H3;1-2H3. The third kappa shape index (κ3) is 9.58. The van der Waals surface area contributed by atoms with Gasteiger partial charge < -0.3 is 0 Å². The van der Waals surface area contributed by atoms with Crippen LogP contribution in [-0.4, -0.2) is 0 Å². The van der Waals surface area contributed by atoms with Crippen LogP contribution in [0, 0.1) is 0 Å². The molecule has 9 rings (SSSR count). The van der Waals surface area contributed by atoms with Crippen LogP contribution in [0.2, 0.25) is 0 Å². The zero-order valence-electron chi connectivity index (χ0n) is 30.7. The summed E-state index contributed by atoms with van der Waals surface area (Å²) in [6.07, 6.45) is 2.50. The highest BCUT2D eigenvalue weighted by atomic mass is 14.0. The van der Waals surface area contributed by atoms with Gasteiger partial charge in [0.25, 0.3) is 0 Å². The molecule has 0 aliphatic heterocycles. The predicted molar refractivity (Wildman–Crippen MR) is 228 cm³/mol. The maximum absolute atomic E-state index is 2.18. The van der Waals surface area contributed by atoms with Crippen LogP contribution in [0.25, 0.3) is 64.6 Å². The Morgan fingerprint density at radius 1 is 0.220 bits per heavy atom. The largest absolute Gasteiger partial charge is 0.0683 e. The predicted octanol–water partition coefficient (Wildman–Crippen LogP) is 15.8. The van der Waals surface area contributed by atoms with E-state index in [2.05, 4.69) is 210 Å². The fourth-order valence-corrected chi connectivity index (χ4v) is 5.86. The first-order chi connectivity index (χ1) is 24.7. The Morgan fingerprint density at radius 2 is 0.340 bits per heavy atom. The number of benzene rings is 9. The monoisotopic (exact) mass is 652 g/mol. The minimum Gasteiger partial charge on any atom is -0.0683 e. The fourth-order valence-electron chi connectivity index (χ4n) is 5.86. The van der Waals surface area contributed by atoms with Crippen molar-refractivity contribution in [1.29, 1.82) is 0 Å². The third-order valence-corrected chi connectivity index (χ3v) is 7.96. The van der Waals surface area contributed by atoms with Gasteiger partial charge in [0.15, 0.2) is 0 Å². The molecule has 0 N–H and O–H groups in total. The molecule has 0 spiro atoms. The Morgan fingerprint density at radius 3 is 0.480 bits per heavy atom. The molecule has 0 fully saturated rings. The Labute approximate surface area is 300 Å². The lowest BCUT2D eigenvalue weighted by Crippen LogP contribution is -1.75. The molecule has 0 saturated carbocycles. The van der Waals surface area contributed by atoms with E-state index < -0.39 is 0 Å². The average Bonchev–Trinajstić information content (AvgIpc) is 3.20. The molecule has 50 heavy (non-hydrogen) atoms. The van der Waals surface area contributed by atoms with Gasteiger partial charge >= 0.3 is 0 Å². The minimum atomic E-state index is 1.25. The van der Waals surface area contributed by atoms with Gasteiger partial charge in [-0.3, -0.25) is 0 Å². The van der Waals surface area contributed by atoms with E-state index in [9.17, 15) is 0 Å². The first-order valence-corrected chi connectivity index (χ1v) is 18.3. The van der Waals surface area contributed by atoms with Gasteiger partial charge in [0.05, 0.1) is 0 Å². The molecule has 0 atom stereocenters. The van der Waals surface area contributed by atoms with Crippen molar-refractivity contribution in [1.82, 2.24) is 0 Å². The molecule has 0 unspecified atom stereocenters. The van der Waals surface area contributed by atoms with Gasteiger partial charge in [-0.25, -0.2) is 0 Å². The van der Waals surface area contributed by atoms with Crippen molar-refractivity contribution in [3.8, 4) is 0 Å². The molecule has 0 heteroatoms. The van der Waals surface area contributed by atoms with E-state index in [-0.39, 0.29) is 0 Å². The molecule has 0 saturated heterocycles. The number of fused-ring (bicyclic) bond motifs is 9. The topological polar surface area (TPSA) is 0 Å². The second-order valence-electron chi connectivity index (χ2n) is 11.9. The molecule has 0 amide bonds. The maximum Gasteiger partial charge on any atom is -0.0105 e. The molecule has 0 radical (unpaired) electrons. The molecular weight excluding hydrogens is 601 g/mol. The molecule has 0 aliphatic rings. The summed E-state index contributed by atoms with van der Waals surface area (Å²) in [4.78, 5) is 0. The Balaban J connectivity index is 0.000000153. The summed E-state index contributed by atoms with van der Waals surface area (Å²) < 4.78 is 0. The second kappa shape index (κ2) is 20.1. The first-order valence-electron chi connectivity index (χ1n) is 18.3. The molecule has 0 aliphatic carbocycles. The second-order valence-corrected chi connectivity index (χ2v) is 11.9. The van der Waals surface area contributed by atoms with E-state index in [0.717, 1.165) is 0 Å². The Hall–Kier alpha value is -5.46. The van der Waals surface area contributed by atoms with Crippen LogP contribution in [0.5, 0.6) is 0 Å². The van der Waals surface area contributed by atoms with E-state index in [1.807, 2.05) is 13.8 Å². The summed E-state index contributed by atoms with van der Waals surface area (Å²) in [5.74, 6) is 0. The zero-order valence-corrected chi connectivity index (χ0v) is 30.7. The highest BCUT2D eigenvalue weighted by Crippen LogP contribution is 2.26. The highest BCUT2D eigenvalue weighted by Gasteiger charge is 1.99. The lowest BCUT2D eigenvalue weighted by Gasteiger charge is -2.02. The molecule has 0 heterocycles. The Kier molecular flexibility index (Phi) is 15.1. The zero-order chi connectivity index (χ0) is 35.6. The number of rotatable bonds is 0. The van der Waals surface area contributed by atoms with Gasteiger partial charge in [-0.2, -0.15) is 0 Å². The van der Waals surface area contributed by atoms with Crippen LogP contribution in [0.3, 0.4) is 0 Å². The molecule has 252 valence electrons. The lowest BCUT2D eigenvalue weighted by atomic mass is 10.0. The van der Waals surface area contributed by atoms with Crippen LogP contribution in [0.4, 0.5) is 0 Å². The van der Waals surface area contributed by atoms with E-state index in [4.69, 9.17) is 0 Å². The van der Waals surface area contributed by atoms with Crippen molar-refractivity contribution in [2.75, 3.05) is 0 Å². The highest BCUT2D eigenvalue weighted by molar-refractivity contribution is 6.09. The number of hydrogen-bond acceptors (Lipinski definition) is 0. The summed E-state index contributed by atoms with van der Waals surface area (Å²) in [5.41, 5.74) is 0. The first kappa shape index (κ1) is 37.4. The van der Waals surface area contributed by atoms with Crippen molar-refractivity contribution in [3.05, 3.63) is 182 Å². The van der Waals surface area contributed by atoms with Crippen LogP contribution < -0.4 is 0 Å². The summed E-state index contributed by atoms with van der Waals surface area (Å²) >= 11 is 0. The van der Waals surface area contributed by atoms with Gasteiger partial charge in [0.1, 0.15) is 0 Å². The van der Waals surface area contributed by atoms with Crippen molar-refractivity contribution < 1.29 is 0 Å². The van der Waals surface area contributed by atoms with Crippen LogP contribution >= 0.6 is 0 Å². The minimum absolute atomic E-state index is 1.25. The Bertz CT molecular complexity index is 1910. The molecule has 0 nitrogen and oxygen atoms in total. The van der Waals surface area contributed by atoms with Gasteiger partial charge in [0, 0.05) is 0 Å². The van der Waals surface area contributed by atoms with Crippen molar-refractivity contribution >= 4 is 64.6 Å². The van der Waals surface area contributed by atoms with Crippen LogP contribution in [-0.2, 0) is 0 Å². The summed E-state index contributed by atoms with van der Waals surface area (Å²) in [6.45, 7) is 12.5. The van der Waals surface area contributed by atoms with Crippen molar-refractivity contribution in [3.63, 3.8) is 0 Å². The third-order valence-electron chi connectivity index (χ3n) is 7.96. The summed E-state index contributed by atoms with van der Waals surface area (Å²) in [5, 5.41) is 15.9. The van der Waals surface area contributed by atoms with Gasteiger partial charge in [-0.15, -0.1) is 0 Å². The van der Waals surface area contributed by atoms with Crippen molar-refractivity contribution in [2.24, 2.45) is 0 Å².